The molecular weight excluding hydrogens is 355 g/mol. The average molecular weight is 375 g/mol. The molecule has 1 atom stereocenters. The van der Waals surface area contributed by atoms with Crippen molar-refractivity contribution in [3.63, 3.8) is 0 Å². The number of hydrogen-bond acceptors (Lipinski definition) is 6. The van der Waals surface area contributed by atoms with E-state index in [0.29, 0.717) is 23.5 Å². The maximum Gasteiger partial charge on any atom is 0.433 e. The molecule has 0 spiro atoms. The van der Waals surface area contributed by atoms with Crippen molar-refractivity contribution in [2.45, 2.75) is 38.3 Å². The zero-order valence-corrected chi connectivity index (χ0v) is 13.9. The number of amides is 2. The Morgan fingerprint density at radius 3 is 2.73 bits per heavy atom. The highest BCUT2D eigenvalue weighted by molar-refractivity contribution is 5.80. The third-order valence-corrected chi connectivity index (χ3v) is 4.24. The fourth-order valence-corrected chi connectivity index (χ4v) is 2.98. The maximum absolute atomic E-state index is 12.6. The Labute approximate surface area is 147 Å². The molecule has 0 saturated heterocycles. The Balaban J connectivity index is 1.98. The van der Waals surface area contributed by atoms with E-state index in [9.17, 15) is 28.0 Å². The largest absolute Gasteiger partial charge is 0.433 e. The van der Waals surface area contributed by atoms with Gasteiger partial charge in [-0.1, -0.05) is 25.7 Å². The van der Waals surface area contributed by atoms with Crippen LogP contribution in [0, 0.1) is 11.8 Å². The van der Waals surface area contributed by atoms with Gasteiger partial charge in [0.05, 0.1) is 12.5 Å². The van der Waals surface area contributed by atoms with Crippen molar-refractivity contribution < 1.29 is 28.0 Å². The molecule has 1 unspecified atom stereocenters. The lowest BCUT2D eigenvalue weighted by Gasteiger charge is -2.22. The first-order valence-corrected chi connectivity index (χ1v) is 8.16. The van der Waals surface area contributed by atoms with Crippen LogP contribution in [-0.2, 0) is 15.8 Å². The van der Waals surface area contributed by atoms with Crippen molar-refractivity contribution in [2.75, 3.05) is 12.0 Å². The molecule has 0 aliphatic heterocycles. The summed E-state index contributed by atoms with van der Waals surface area (Å²) in [5.41, 5.74) is 3.35. The number of nitrogens with one attached hydrogen (secondary N) is 2. The quantitative estimate of drug-likeness (QED) is 0.364. The Bertz CT molecular complexity index is 623. The number of hydroxylamine groups is 2. The normalized spacial score (nSPS) is 16.2. The fraction of sp³-hybridized carbons (Fsp3) is 0.600. The molecule has 2 amide bonds. The van der Waals surface area contributed by atoms with E-state index in [0.717, 1.165) is 31.9 Å². The summed E-state index contributed by atoms with van der Waals surface area (Å²) in [5.74, 6) is -1.40. The number of hydrazine groups is 1. The van der Waals surface area contributed by atoms with E-state index >= 15 is 0 Å². The number of alkyl halides is 3. The molecule has 8 nitrogen and oxygen atoms in total. The molecule has 11 heteroatoms. The van der Waals surface area contributed by atoms with Crippen molar-refractivity contribution in [1.82, 2.24) is 20.5 Å². The molecule has 1 aliphatic carbocycles. The zero-order valence-electron chi connectivity index (χ0n) is 13.9. The second kappa shape index (κ2) is 8.79. The molecule has 1 aliphatic rings. The van der Waals surface area contributed by atoms with E-state index in [1.807, 2.05) is 0 Å². The minimum Gasteiger partial charge on any atom is -0.286 e. The predicted molar refractivity (Wildman–Crippen MR) is 83.4 cm³/mol. The number of rotatable bonds is 8. The molecule has 3 N–H and O–H groups in total. The van der Waals surface area contributed by atoms with E-state index in [4.69, 9.17) is 0 Å². The number of aromatic nitrogens is 2. The first kappa shape index (κ1) is 19.9. The van der Waals surface area contributed by atoms with Gasteiger partial charge in [0.25, 0.3) is 0 Å². The highest BCUT2D eigenvalue weighted by Gasteiger charge is 2.33. The Hall–Kier alpha value is -2.43. The van der Waals surface area contributed by atoms with Crippen molar-refractivity contribution in [2.24, 2.45) is 11.8 Å². The summed E-state index contributed by atoms with van der Waals surface area (Å²) >= 11 is 0. The molecule has 1 fully saturated rings. The monoisotopic (exact) mass is 375 g/mol. The van der Waals surface area contributed by atoms with Crippen LogP contribution >= 0.6 is 0 Å². The molecular formula is C15H20F3N5O3. The molecule has 26 heavy (non-hydrogen) atoms. The molecule has 1 heterocycles. The van der Waals surface area contributed by atoms with E-state index in [2.05, 4.69) is 20.8 Å². The zero-order chi connectivity index (χ0) is 19.2. The van der Waals surface area contributed by atoms with Gasteiger partial charge in [-0.15, -0.1) is 0 Å². The number of carbonyl (C=O) groups is 2. The van der Waals surface area contributed by atoms with Crippen LogP contribution in [0.5, 0.6) is 0 Å². The molecule has 0 bridgehead atoms. The third kappa shape index (κ3) is 5.83. The van der Waals surface area contributed by atoms with Gasteiger partial charge in [-0.25, -0.2) is 15.0 Å². The molecule has 1 saturated carbocycles. The number of nitrogens with zero attached hydrogens (tertiary/aromatic N) is 3. The standard InChI is InChI=1S/C15H20F3N5O3/c16-15(17,18)12-5-6-19-14(20-12)22-21-13(25)11(8-23(26)9-24)7-10-3-1-2-4-10/h5-6,9-11,26H,1-4,7-8H2,(H,21,25)(H,19,20,22). The lowest BCUT2D eigenvalue weighted by atomic mass is 9.92. The summed E-state index contributed by atoms with van der Waals surface area (Å²) < 4.78 is 37.9. The third-order valence-electron chi connectivity index (χ3n) is 4.24. The predicted octanol–water partition coefficient (Wildman–Crippen LogP) is 1.98. The maximum atomic E-state index is 12.6. The summed E-state index contributed by atoms with van der Waals surface area (Å²) in [7, 11) is 0. The van der Waals surface area contributed by atoms with Crippen LogP contribution < -0.4 is 10.9 Å². The number of halogens is 3. The van der Waals surface area contributed by atoms with Gasteiger partial charge in [0, 0.05) is 6.20 Å². The summed E-state index contributed by atoms with van der Waals surface area (Å²) in [4.78, 5) is 29.8. The van der Waals surface area contributed by atoms with Crippen molar-refractivity contribution in [1.29, 1.82) is 0 Å². The minimum absolute atomic E-state index is 0.193. The van der Waals surface area contributed by atoms with Gasteiger partial charge in [0.2, 0.25) is 18.3 Å². The van der Waals surface area contributed by atoms with Gasteiger partial charge in [-0.05, 0) is 18.4 Å². The van der Waals surface area contributed by atoms with E-state index in [1.165, 1.54) is 0 Å². The fourth-order valence-electron chi connectivity index (χ4n) is 2.98. The minimum atomic E-state index is -4.63. The Morgan fingerprint density at radius 1 is 1.42 bits per heavy atom. The second-order valence-electron chi connectivity index (χ2n) is 6.19. The molecule has 144 valence electrons. The van der Waals surface area contributed by atoms with Gasteiger partial charge in [0.15, 0.2) is 0 Å². The average Bonchev–Trinajstić information content (AvgIpc) is 3.11. The number of hydrogen-bond donors (Lipinski definition) is 3. The molecule has 1 aromatic rings. The van der Waals surface area contributed by atoms with Crippen molar-refractivity contribution >= 4 is 18.3 Å². The van der Waals surface area contributed by atoms with Crippen LogP contribution in [-0.4, -0.2) is 39.1 Å². The van der Waals surface area contributed by atoms with Gasteiger partial charge in [-0.2, -0.15) is 13.2 Å². The highest BCUT2D eigenvalue weighted by Crippen LogP contribution is 2.31. The highest BCUT2D eigenvalue weighted by atomic mass is 19.4. The number of carbonyl (C=O) groups excluding carboxylic acids is 2. The first-order chi connectivity index (χ1) is 12.3. The van der Waals surface area contributed by atoms with Crippen molar-refractivity contribution in [3.05, 3.63) is 18.0 Å². The summed E-state index contributed by atoms with van der Waals surface area (Å²) in [6.07, 6.45) is 0.983. The van der Waals surface area contributed by atoms with Gasteiger partial charge in [-0.3, -0.25) is 25.6 Å². The van der Waals surface area contributed by atoms with Crippen molar-refractivity contribution in [3.8, 4) is 0 Å². The van der Waals surface area contributed by atoms with Crippen LogP contribution in [0.25, 0.3) is 0 Å². The van der Waals surface area contributed by atoms with E-state index in [-0.39, 0.29) is 13.0 Å². The van der Waals surface area contributed by atoms with Gasteiger partial charge < -0.3 is 0 Å². The van der Waals surface area contributed by atoms with Gasteiger partial charge >= 0.3 is 6.18 Å². The van der Waals surface area contributed by atoms with Crippen LogP contribution in [0.4, 0.5) is 19.1 Å². The lowest BCUT2D eigenvalue weighted by Crippen LogP contribution is -2.41. The summed E-state index contributed by atoms with van der Waals surface area (Å²) in [6, 6.07) is 0.712. The van der Waals surface area contributed by atoms with Crippen LogP contribution in [0.1, 0.15) is 37.8 Å². The molecule has 2 rings (SSSR count). The van der Waals surface area contributed by atoms with Crippen LogP contribution in [0.15, 0.2) is 12.3 Å². The van der Waals surface area contributed by atoms with E-state index < -0.39 is 29.6 Å². The summed E-state index contributed by atoms with van der Waals surface area (Å²) in [6.45, 7) is -0.211. The van der Waals surface area contributed by atoms with Crippen LogP contribution in [0.2, 0.25) is 0 Å². The SMILES string of the molecule is O=CN(O)CC(CC1CCCC1)C(=O)NNc1nccc(C(F)(F)F)n1. The second-order valence-corrected chi connectivity index (χ2v) is 6.19. The summed E-state index contributed by atoms with van der Waals surface area (Å²) in [5, 5.41) is 9.75. The molecule has 1 aromatic heterocycles. The van der Waals surface area contributed by atoms with Crippen LogP contribution in [0.3, 0.4) is 0 Å². The van der Waals surface area contributed by atoms with Gasteiger partial charge in [0.1, 0.15) is 5.69 Å². The Morgan fingerprint density at radius 2 is 2.12 bits per heavy atom. The molecule has 0 radical (unpaired) electrons. The lowest BCUT2D eigenvalue weighted by molar-refractivity contribution is -0.154. The smallest absolute Gasteiger partial charge is 0.286 e. The first-order valence-electron chi connectivity index (χ1n) is 8.16. The Kier molecular flexibility index (Phi) is 6.72. The van der Waals surface area contributed by atoms with E-state index in [1.54, 1.807) is 0 Å². The number of anilines is 1. The topological polar surface area (TPSA) is 107 Å². The molecule has 0 aromatic carbocycles.